The van der Waals surface area contributed by atoms with E-state index in [1.807, 2.05) is 20.8 Å². The minimum absolute atomic E-state index is 0.0576. The lowest BCUT2D eigenvalue weighted by atomic mass is 10.1. The maximum atomic E-state index is 5.85. The molecule has 7 heteroatoms. The second-order valence-electron chi connectivity index (χ2n) is 4.21. The Balaban J connectivity index is 2.40. The zero-order valence-electron chi connectivity index (χ0n) is 10.6. The monoisotopic (exact) mass is 248 g/mol. The molecule has 96 valence electrons. The summed E-state index contributed by atoms with van der Waals surface area (Å²) in [5, 5.41) is 6.90. The van der Waals surface area contributed by atoms with Gasteiger partial charge in [-0.2, -0.15) is 4.98 Å². The molecule has 2 aromatic heterocycles. The average molecular weight is 248 g/mol. The fourth-order valence-electron chi connectivity index (χ4n) is 1.68. The first-order valence-electron chi connectivity index (χ1n) is 5.59. The summed E-state index contributed by atoms with van der Waals surface area (Å²) in [5.74, 6) is 0.988. The number of aromatic amines is 1. The summed E-state index contributed by atoms with van der Waals surface area (Å²) in [6.07, 6.45) is 0.0576. The highest BCUT2D eigenvalue weighted by molar-refractivity contribution is 5.74. The smallest absolute Gasteiger partial charge is 0.233 e. The molecule has 0 saturated carbocycles. The maximum absolute atomic E-state index is 5.85. The summed E-state index contributed by atoms with van der Waals surface area (Å²) in [7, 11) is 0. The van der Waals surface area contributed by atoms with Gasteiger partial charge in [-0.25, -0.2) is 4.98 Å². The lowest BCUT2D eigenvalue weighted by molar-refractivity contribution is 0.232. The van der Waals surface area contributed by atoms with Crippen molar-refractivity contribution in [2.75, 3.05) is 11.5 Å². The van der Waals surface area contributed by atoms with Crippen LogP contribution in [0.15, 0.2) is 6.07 Å². The molecule has 2 rings (SSSR count). The second kappa shape index (κ2) is 4.52. The summed E-state index contributed by atoms with van der Waals surface area (Å²) >= 11 is 0. The van der Waals surface area contributed by atoms with E-state index in [0.29, 0.717) is 28.6 Å². The predicted octanol–water partition coefficient (Wildman–Crippen LogP) is 1.13. The van der Waals surface area contributed by atoms with Crippen molar-refractivity contribution in [3.63, 3.8) is 0 Å². The van der Waals surface area contributed by atoms with E-state index in [0.717, 1.165) is 0 Å². The van der Waals surface area contributed by atoms with Gasteiger partial charge in [0.05, 0.1) is 23.1 Å². The van der Waals surface area contributed by atoms with Crippen LogP contribution in [0.1, 0.15) is 19.5 Å². The SMILES string of the molecule is Cc1nc(N)nc(N)c1-c1cc(OC(C)C)n[nH]1. The van der Waals surface area contributed by atoms with Gasteiger partial charge in [-0.3, -0.25) is 5.10 Å². The lowest BCUT2D eigenvalue weighted by Gasteiger charge is -2.06. The van der Waals surface area contributed by atoms with Crippen LogP contribution in [0, 0.1) is 6.92 Å². The highest BCUT2D eigenvalue weighted by Gasteiger charge is 2.14. The first-order valence-corrected chi connectivity index (χ1v) is 5.59. The Labute approximate surface area is 105 Å². The van der Waals surface area contributed by atoms with E-state index in [2.05, 4.69) is 20.2 Å². The third-order valence-corrected chi connectivity index (χ3v) is 2.32. The fourth-order valence-corrected chi connectivity index (χ4v) is 1.68. The maximum Gasteiger partial charge on any atom is 0.233 e. The van der Waals surface area contributed by atoms with Crippen molar-refractivity contribution in [1.82, 2.24) is 20.2 Å². The number of anilines is 2. The third-order valence-electron chi connectivity index (χ3n) is 2.32. The lowest BCUT2D eigenvalue weighted by Crippen LogP contribution is -2.05. The van der Waals surface area contributed by atoms with Crippen LogP contribution in [0.5, 0.6) is 5.88 Å². The van der Waals surface area contributed by atoms with Gasteiger partial charge in [0.2, 0.25) is 11.8 Å². The number of aryl methyl sites for hydroxylation is 1. The molecule has 0 aliphatic heterocycles. The van der Waals surface area contributed by atoms with Gasteiger partial charge in [0, 0.05) is 6.07 Å². The van der Waals surface area contributed by atoms with E-state index < -0.39 is 0 Å². The van der Waals surface area contributed by atoms with Gasteiger partial charge in [0.15, 0.2) is 0 Å². The molecular formula is C11H16N6O. The molecule has 0 saturated heterocycles. The molecule has 18 heavy (non-hydrogen) atoms. The van der Waals surface area contributed by atoms with E-state index in [1.54, 1.807) is 6.07 Å². The zero-order chi connectivity index (χ0) is 13.3. The average Bonchev–Trinajstić information content (AvgIpc) is 2.63. The van der Waals surface area contributed by atoms with E-state index in [-0.39, 0.29) is 12.1 Å². The van der Waals surface area contributed by atoms with Crippen LogP contribution in [0.2, 0.25) is 0 Å². The first kappa shape index (κ1) is 12.2. The number of ether oxygens (including phenoxy) is 1. The summed E-state index contributed by atoms with van der Waals surface area (Å²) < 4.78 is 5.47. The fraction of sp³-hybridized carbons (Fsp3) is 0.364. The number of hydrogen-bond acceptors (Lipinski definition) is 6. The van der Waals surface area contributed by atoms with Crippen LogP contribution in [-0.2, 0) is 0 Å². The third kappa shape index (κ3) is 2.34. The molecule has 5 N–H and O–H groups in total. The minimum Gasteiger partial charge on any atom is -0.474 e. The van der Waals surface area contributed by atoms with Crippen LogP contribution >= 0.6 is 0 Å². The van der Waals surface area contributed by atoms with E-state index in [4.69, 9.17) is 16.2 Å². The first-order chi connectivity index (χ1) is 8.47. The van der Waals surface area contributed by atoms with Gasteiger partial charge in [0.25, 0.3) is 0 Å². The van der Waals surface area contributed by atoms with E-state index in [9.17, 15) is 0 Å². The van der Waals surface area contributed by atoms with E-state index in [1.165, 1.54) is 0 Å². The van der Waals surface area contributed by atoms with Gasteiger partial charge in [-0.05, 0) is 20.8 Å². The molecule has 0 radical (unpaired) electrons. The Morgan fingerprint density at radius 3 is 2.61 bits per heavy atom. The van der Waals surface area contributed by atoms with Gasteiger partial charge in [-0.15, -0.1) is 5.10 Å². The number of rotatable bonds is 3. The number of nitrogens with zero attached hydrogens (tertiary/aromatic N) is 3. The minimum atomic E-state index is 0.0576. The summed E-state index contributed by atoms with van der Waals surface area (Å²) in [4.78, 5) is 8.02. The van der Waals surface area contributed by atoms with Crippen LogP contribution in [0.25, 0.3) is 11.3 Å². The molecule has 0 fully saturated rings. The predicted molar refractivity (Wildman–Crippen MR) is 68.9 cm³/mol. The van der Waals surface area contributed by atoms with Crippen molar-refractivity contribution in [3.8, 4) is 17.1 Å². The molecule has 0 spiro atoms. The molecule has 7 nitrogen and oxygen atoms in total. The molecule has 0 atom stereocenters. The Kier molecular flexibility index (Phi) is 3.05. The summed E-state index contributed by atoms with van der Waals surface area (Å²) in [6.45, 7) is 5.67. The van der Waals surface area contributed by atoms with Crippen molar-refractivity contribution in [2.24, 2.45) is 0 Å². The Hall–Kier alpha value is -2.31. The van der Waals surface area contributed by atoms with Crippen LogP contribution in [0.3, 0.4) is 0 Å². The van der Waals surface area contributed by atoms with Crippen molar-refractivity contribution >= 4 is 11.8 Å². The highest BCUT2D eigenvalue weighted by Crippen LogP contribution is 2.28. The molecule has 0 aliphatic carbocycles. The molecule has 2 heterocycles. The summed E-state index contributed by atoms with van der Waals surface area (Å²) in [5.41, 5.74) is 13.5. The van der Waals surface area contributed by atoms with Crippen molar-refractivity contribution in [1.29, 1.82) is 0 Å². The van der Waals surface area contributed by atoms with Crippen molar-refractivity contribution < 1.29 is 4.74 Å². The van der Waals surface area contributed by atoms with Gasteiger partial charge < -0.3 is 16.2 Å². The standard InChI is InChI=1S/C11H16N6O/c1-5(2)18-8-4-7(16-17-8)9-6(3)14-11(13)15-10(9)12/h4-5H,1-3H3,(H,16,17)(H4,12,13,14,15). The van der Waals surface area contributed by atoms with Gasteiger partial charge >= 0.3 is 0 Å². The highest BCUT2D eigenvalue weighted by atomic mass is 16.5. The van der Waals surface area contributed by atoms with Crippen LogP contribution in [-0.4, -0.2) is 26.3 Å². The molecule has 2 aromatic rings. The van der Waals surface area contributed by atoms with Gasteiger partial charge in [0.1, 0.15) is 5.82 Å². The molecule has 0 bridgehead atoms. The quantitative estimate of drug-likeness (QED) is 0.749. The van der Waals surface area contributed by atoms with Crippen LogP contribution in [0.4, 0.5) is 11.8 Å². The molecule has 0 aliphatic rings. The Bertz CT molecular complexity index is 539. The number of hydrogen-bond donors (Lipinski definition) is 3. The zero-order valence-corrected chi connectivity index (χ0v) is 10.6. The van der Waals surface area contributed by atoms with E-state index >= 15 is 0 Å². The summed E-state index contributed by atoms with van der Waals surface area (Å²) in [6, 6.07) is 1.76. The van der Waals surface area contributed by atoms with Crippen molar-refractivity contribution in [3.05, 3.63) is 11.8 Å². The number of aromatic nitrogens is 4. The number of nitrogens with one attached hydrogen (secondary N) is 1. The molecule has 0 unspecified atom stereocenters. The number of nitrogen functional groups attached to an aromatic ring is 2. The second-order valence-corrected chi connectivity index (χ2v) is 4.21. The number of nitrogens with two attached hydrogens (primary N) is 2. The van der Waals surface area contributed by atoms with Gasteiger partial charge in [-0.1, -0.05) is 0 Å². The Morgan fingerprint density at radius 1 is 1.28 bits per heavy atom. The number of H-pyrrole nitrogens is 1. The van der Waals surface area contributed by atoms with Crippen LogP contribution < -0.4 is 16.2 Å². The normalized spacial score (nSPS) is 10.9. The molecule has 0 aromatic carbocycles. The Morgan fingerprint density at radius 2 is 2.00 bits per heavy atom. The molecular weight excluding hydrogens is 232 g/mol. The topological polar surface area (TPSA) is 116 Å². The molecule has 0 amide bonds. The van der Waals surface area contributed by atoms with Crippen molar-refractivity contribution in [2.45, 2.75) is 26.9 Å². The largest absolute Gasteiger partial charge is 0.474 e.